The van der Waals surface area contributed by atoms with Gasteiger partial charge in [-0.3, -0.25) is 4.79 Å². The van der Waals surface area contributed by atoms with Gasteiger partial charge in [-0.15, -0.1) is 11.3 Å². The number of piperidine rings is 1. The summed E-state index contributed by atoms with van der Waals surface area (Å²) in [5.41, 5.74) is 8.76. The molecule has 1 saturated heterocycles. The van der Waals surface area contributed by atoms with Crippen LogP contribution in [0.2, 0.25) is 0 Å². The van der Waals surface area contributed by atoms with E-state index in [2.05, 4.69) is 21.6 Å². The Kier molecular flexibility index (Phi) is 5.07. The summed E-state index contributed by atoms with van der Waals surface area (Å²) in [6.07, 6.45) is 6.07. The number of nitrogens with zero attached hydrogens (tertiary/aromatic N) is 2. The highest BCUT2D eigenvalue weighted by molar-refractivity contribution is 7.13. The normalized spacial score (nSPS) is 14.1. The van der Waals surface area contributed by atoms with Crippen molar-refractivity contribution in [2.45, 2.75) is 12.8 Å². The molecule has 0 spiro atoms. The van der Waals surface area contributed by atoms with Gasteiger partial charge in [0.05, 0.1) is 16.9 Å². The van der Waals surface area contributed by atoms with E-state index < -0.39 is 0 Å². The van der Waals surface area contributed by atoms with Gasteiger partial charge in [-0.2, -0.15) is 0 Å². The van der Waals surface area contributed by atoms with Crippen LogP contribution in [0.1, 0.15) is 23.2 Å². The number of thiophene rings is 1. The number of pyridine rings is 1. The molecule has 137 valence electrons. The number of aromatic nitrogens is 1. The fourth-order valence-corrected chi connectivity index (χ4v) is 3.87. The number of rotatable bonds is 4. The second-order valence-corrected chi connectivity index (χ2v) is 7.44. The van der Waals surface area contributed by atoms with Crippen LogP contribution < -0.4 is 16.0 Å². The molecule has 0 atom stereocenters. The smallest absolute Gasteiger partial charge is 0.257 e. The Hall–Kier alpha value is -2.86. The minimum atomic E-state index is -0.212. The van der Waals surface area contributed by atoms with Crippen LogP contribution >= 0.6 is 11.3 Å². The third-order valence-corrected chi connectivity index (χ3v) is 5.57. The summed E-state index contributed by atoms with van der Waals surface area (Å²) >= 11 is 1.65. The van der Waals surface area contributed by atoms with Crippen molar-refractivity contribution < 1.29 is 4.79 Å². The number of anilines is 3. The van der Waals surface area contributed by atoms with Gasteiger partial charge in [0.15, 0.2) is 0 Å². The summed E-state index contributed by atoms with van der Waals surface area (Å²) in [4.78, 5) is 20.5. The van der Waals surface area contributed by atoms with Gasteiger partial charge in [0.25, 0.3) is 5.91 Å². The molecule has 0 unspecified atom stereocenters. The minimum absolute atomic E-state index is 0.212. The molecule has 0 aliphatic carbocycles. The lowest BCUT2D eigenvalue weighted by Crippen LogP contribution is -2.30. The molecule has 2 aromatic heterocycles. The zero-order chi connectivity index (χ0) is 18.6. The van der Waals surface area contributed by atoms with Crippen molar-refractivity contribution in [2.24, 2.45) is 0 Å². The molecule has 0 bridgehead atoms. The van der Waals surface area contributed by atoms with Crippen molar-refractivity contribution in [3.05, 3.63) is 66.0 Å². The standard InChI is InChI=1S/C21H21N4OS/c22-17-8-6-15(19-5-4-12-27-19)13-18(17)24-21(26)16-7-9-20(23-14-16)25-10-2-1-3-11-25/h1,4-9,12-14H,2-3,10-11,22H2,(H,24,26). The molecule has 0 saturated carbocycles. The Morgan fingerprint density at radius 2 is 2.00 bits per heavy atom. The SMILES string of the molecule is Nc1ccc(-c2cccs2)cc1NC(=O)c1ccc(N2CC[CH]CC2)nc1. The molecule has 1 radical (unpaired) electrons. The van der Waals surface area contributed by atoms with Crippen molar-refractivity contribution in [3.8, 4) is 10.4 Å². The summed E-state index contributed by atoms with van der Waals surface area (Å²) in [6, 6.07) is 13.5. The third-order valence-electron chi connectivity index (χ3n) is 4.65. The zero-order valence-electron chi connectivity index (χ0n) is 14.9. The Morgan fingerprint density at radius 1 is 1.15 bits per heavy atom. The maximum absolute atomic E-state index is 12.6. The maximum atomic E-state index is 12.6. The van der Waals surface area contributed by atoms with Gasteiger partial charge in [0, 0.05) is 24.2 Å². The van der Waals surface area contributed by atoms with E-state index in [0.29, 0.717) is 16.9 Å². The van der Waals surface area contributed by atoms with Gasteiger partial charge in [0.1, 0.15) is 5.82 Å². The third kappa shape index (κ3) is 3.95. The number of carbonyl (C=O) groups excluding carboxylic acids is 1. The van der Waals surface area contributed by atoms with Gasteiger partial charge in [-0.1, -0.05) is 12.1 Å². The van der Waals surface area contributed by atoms with E-state index in [1.807, 2.05) is 47.8 Å². The summed E-state index contributed by atoms with van der Waals surface area (Å²) in [7, 11) is 0. The fourth-order valence-electron chi connectivity index (χ4n) is 3.14. The molecule has 1 aromatic carbocycles. The lowest BCUT2D eigenvalue weighted by atomic mass is 10.1. The van der Waals surface area contributed by atoms with Gasteiger partial charge < -0.3 is 16.0 Å². The van der Waals surface area contributed by atoms with E-state index in [1.54, 1.807) is 17.5 Å². The first-order valence-corrected chi connectivity index (χ1v) is 9.86. The molecule has 1 aliphatic heterocycles. The fraction of sp³-hybridized carbons (Fsp3) is 0.190. The van der Waals surface area contributed by atoms with Gasteiger partial charge in [-0.05, 0) is 60.5 Å². The van der Waals surface area contributed by atoms with Gasteiger partial charge >= 0.3 is 0 Å². The van der Waals surface area contributed by atoms with E-state index in [-0.39, 0.29) is 5.91 Å². The second-order valence-electron chi connectivity index (χ2n) is 6.49. The number of hydrogen-bond acceptors (Lipinski definition) is 5. The average molecular weight is 377 g/mol. The highest BCUT2D eigenvalue weighted by Gasteiger charge is 2.14. The molecule has 5 nitrogen and oxygen atoms in total. The number of hydrogen-bond donors (Lipinski definition) is 2. The van der Waals surface area contributed by atoms with Crippen LogP contribution in [0.5, 0.6) is 0 Å². The zero-order valence-corrected chi connectivity index (χ0v) is 15.7. The van der Waals surface area contributed by atoms with Crippen molar-refractivity contribution >= 4 is 34.4 Å². The van der Waals surface area contributed by atoms with Crippen LogP contribution in [0.25, 0.3) is 10.4 Å². The number of carbonyl (C=O) groups is 1. The second kappa shape index (κ2) is 7.80. The molecule has 1 fully saturated rings. The van der Waals surface area contributed by atoms with Crippen LogP contribution in [0.15, 0.2) is 54.0 Å². The van der Waals surface area contributed by atoms with E-state index in [0.717, 1.165) is 42.2 Å². The lowest BCUT2D eigenvalue weighted by molar-refractivity contribution is 0.102. The van der Waals surface area contributed by atoms with Gasteiger partial charge in [-0.25, -0.2) is 4.98 Å². The van der Waals surface area contributed by atoms with Crippen LogP contribution in [-0.4, -0.2) is 24.0 Å². The highest BCUT2D eigenvalue weighted by atomic mass is 32.1. The summed E-state index contributed by atoms with van der Waals surface area (Å²) in [6.45, 7) is 1.95. The predicted octanol–water partition coefficient (Wildman–Crippen LogP) is 4.45. The Balaban J connectivity index is 1.49. The van der Waals surface area contributed by atoms with Crippen molar-refractivity contribution in [1.82, 2.24) is 4.98 Å². The summed E-state index contributed by atoms with van der Waals surface area (Å²) in [5, 5.41) is 4.94. The Bertz CT molecular complexity index is 916. The largest absolute Gasteiger partial charge is 0.397 e. The average Bonchev–Trinajstić information content (AvgIpc) is 3.25. The maximum Gasteiger partial charge on any atom is 0.257 e. The van der Waals surface area contributed by atoms with Crippen LogP contribution in [0.3, 0.4) is 0 Å². The quantitative estimate of drug-likeness (QED) is 0.659. The molecular formula is C21H21N4OS. The summed E-state index contributed by atoms with van der Waals surface area (Å²) in [5.74, 6) is 0.704. The van der Waals surface area contributed by atoms with E-state index >= 15 is 0 Å². The number of nitrogens with one attached hydrogen (secondary N) is 1. The first-order chi connectivity index (χ1) is 13.2. The van der Waals surface area contributed by atoms with E-state index in [9.17, 15) is 4.79 Å². The number of nitrogens with two attached hydrogens (primary N) is 1. The predicted molar refractivity (Wildman–Crippen MR) is 112 cm³/mol. The first-order valence-electron chi connectivity index (χ1n) is 8.98. The molecule has 4 rings (SSSR count). The minimum Gasteiger partial charge on any atom is -0.397 e. The molecular weight excluding hydrogens is 356 g/mol. The van der Waals surface area contributed by atoms with Crippen LogP contribution in [-0.2, 0) is 0 Å². The molecule has 27 heavy (non-hydrogen) atoms. The molecule has 3 aromatic rings. The van der Waals surface area contributed by atoms with Crippen molar-refractivity contribution in [3.63, 3.8) is 0 Å². The Morgan fingerprint density at radius 3 is 2.70 bits per heavy atom. The summed E-state index contributed by atoms with van der Waals surface area (Å²) < 4.78 is 0. The molecule has 3 heterocycles. The molecule has 6 heteroatoms. The first kappa shape index (κ1) is 17.5. The molecule has 1 amide bonds. The van der Waals surface area contributed by atoms with Crippen LogP contribution in [0.4, 0.5) is 17.2 Å². The monoisotopic (exact) mass is 377 g/mol. The molecule has 1 aliphatic rings. The Labute approximate surface area is 162 Å². The topological polar surface area (TPSA) is 71.2 Å². The van der Waals surface area contributed by atoms with E-state index in [4.69, 9.17) is 5.73 Å². The lowest BCUT2D eigenvalue weighted by Gasteiger charge is -2.27. The number of benzene rings is 1. The van der Waals surface area contributed by atoms with Crippen molar-refractivity contribution in [1.29, 1.82) is 0 Å². The van der Waals surface area contributed by atoms with Gasteiger partial charge in [0.2, 0.25) is 0 Å². The molecule has 3 N–H and O–H groups in total. The highest BCUT2D eigenvalue weighted by Crippen LogP contribution is 2.30. The van der Waals surface area contributed by atoms with Crippen LogP contribution in [0, 0.1) is 6.42 Å². The van der Waals surface area contributed by atoms with E-state index in [1.165, 1.54) is 0 Å². The number of amides is 1. The number of nitrogen functional groups attached to an aromatic ring is 1. The van der Waals surface area contributed by atoms with Crippen molar-refractivity contribution in [2.75, 3.05) is 29.0 Å².